The number of benzene rings is 1. The quantitative estimate of drug-likeness (QED) is 0.767. The molecule has 2 amide bonds. The van der Waals surface area contributed by atoms with Crippen molar-refractivity contribution in [2.45, 2.75) is 25.9 Å². The van der Waals surface area contributed by atoms with Crippen molar-refractivity contribution in [2.24, 2.45) is 0 Å². The first-order chi connectivity index (χ1) is 9.45. The van der Waals surface area contributed by atoms with E-state index < -0.39 is 18.0 Å². The number of ether oxygens (including phenoxy) is 1. The Hall–Kier alpha value is -2.57. The molecule has 0 aromatic heterocycles. The zero-order valence-electron chi connectivity index (χ0n) is 10.8. The Morgan fingerprint density at radius 3 is 2.85 bits per heavy atom. The van der Waals surface area contributed by atoms with Gasteiger partial charge in [-0.3, -0.25) is 14.4 Å². The molecule has 1 aromatic rings. The second-order valence-electron chi connectivity index (χ2n) is 4.40. The molecule has 1 atom stereocenters. The molecular weight excluding hydrogens is 264 g/mol. The lowest BCUT2D eigenvalue weighted by Crippen LogP contribution is -2.34. The number of rotatable bonds is 4. The van der Waals surface area contributed by atoms with E-state index in [1.54, 1.807) is 25.1 Å². The van der Waals surface area contributed by atoms with Crippen molar-refractivity contribution in [2.75, 3.05) is 10.6 Å². The van der Waals surface area contributed by atoms with E-state index >= 15 is 0 Å². The highest BCUT2D eigenvalue weighted by Crippen LogP contribution is 2.32. The summed E-state index contributed by atoms with van der Waals surface area (Å²) >= 11 is 0. The van der Waals surface area contributed by atoms with Crippen LogP contribution in [0, 0.1) is 0 Å². The van der Waals surface area contributed by atoms with Gasteiger partial charge >= 0.3 is 5.97 Å². The number of hydrogen-bond donors (Lipinski definition) is 3. The Balaban J connectivity index is 2.04. The number of anilines is 2. The van der Waals surface area contributed by atoms with E-state index in [0.717, 1.165) is 0 Å². The van der Waals surface area contributed by atoms with Crippen LogP contribution in [0.4, 0.5) is 11.4 Å². The van der Waals surface area contributed by atoms with E-state index in [9.17, 15) is 14.4 Å². The van der Waals surface area contributed by atoms with E-state index in [4.69, 9.17) is 9.84 Å². The molecule has 1 aliphatic rings. The van der Waals surface area contributed by atoms with Gasteiger partial charge in [-0.1, -0.05) is 0 Å². The van der Waals surface area contributed by atoms with Gasteiger partial charge in [0.15, 0.2) is 6.10 Å². The van der Waals surface area contributed by atoms with Gasteiger partial charge in [0.05, 0.1) is 12.1 Å². The van der Waals surface area contributed by atoms with Gasteiger partial charge in [-0.25, -0.2) is 0 Å². The third-order valence-corrected chi connectivity index (χ3v) is 2.76. The van der Waals surface area contributed by atoms with Crippen LogP contribution in [0.25, 0.3) is 0 Å². The van der Waals surface area contributed by atoms with Gasteiger partial charge in [0.2, 0.25) is 5.91 Å². The summed E-state index contributed by atoms with van der Waals surface area (Å²) in [7, 11) is 0. The van der Waals surface area contributed by atoms with Gasteiger partial charge in [-0.15, -0.1) is 0 Å². The predicted octanol–water partition coefficient (Wildman–Crippen LogP) is 1.21. The summed E-state index contributed by atoms with van der Waals surface area (Å²) in [6, 6.07) is 4.83. The fraction of sp³-hybridized carbons (Fsp3) is 0.308. The Morgan fingerprint density at radius 2 is 2.15 bits per heavy atom. The number of aliphatic carboxylic acids is 1. The number of fused-ring (bicyclic) bond motifs is 1. The Morgan fingerprint density at radius 1 is 1.40 bits per heavy atom. The third kappa shape index (κ3) is 3.25. The summed E-state index contributed by atoms with van der Waals surface area (Å²) in [5.74, 6) is -1.16. The molecule has 7 heteroatoms. The molecule has 20 heavy (non-hydrogen) atoms. The molecule has 1 aromatic carbocycles. The molecule has 0 fully saturated rings. The predicted molar refractivity (Wildman–Crippen MR) is 70.7 cm³/mol. The number of carbonyl (C=O) groups is 3. The van der Waals surface area contributed by atoms with Gasteiger partial charge in [0.1, 0.15) is 5.75 Å². The lowest BCUT2D eigenvalue weighted by Gasteiger charge is -2.23. The van der Waals surface area contributed by atoms with Crippen LogP contribution in [0.3, 0.4) is 0 Å². The Bertz CT molecular complexity index is 570. The molecule has 0 radical (unpaired) electrons. The second kappa shape index (κ2) is 5.60. The molecule has 1 unspecified atom stereocenters. The minimum absolute atomic E-state index is 0.105. The largest absolute Gasteiger partial charge is 0.481 e. The molecule has 7 nitrogen and oxygen atoms in total. The van der Waals surface area contributed by atoms with Crippen molar-refractivity contribution in [3.63, 3.8) is 0 Å². The highest BCUT2D eigenvalue weighted by molar-refractivity contribution is 5.99. The average Bonchev–Trinajstić information content (AvgIpc) is 2.38. The lowest BCUT2D eigenvalue weighted by atomic mass is 10.2. The maximum Gasteiger partial charge on any atom is 0.303 e. The van der Waals surface area contributed by atoms with E-state index in [1.807, 2.05) is 0 Å². The summed E-state index contributed by atoms with van der Waals surface area (Å²) in [6.45, 7) is 1.64. The molecular formula is C13H14N2O5. The number of carbonyl (C=O) groups excluding carboxylic acids is 2. The zero-order valence-corrected chi connectivity index (χ0v) is 10.8. The fourth-order valence-corrected chi connectivity index (χ4v) is 1.73. The van der Waals surface area contributed by atoms with Crippen LogP contribution in [0.2, 0.25) is 0 Å². The molecule has 0 aliphatic carbocycles. The first-order valence-electron chi connectivity index (χ1n) is 6.09. The van der Waals surface area contributed by atoms with Gasteiger partial charge in [0.25, 0.3) is 5.91 Å². The summed E-state index contributed by atoms with van der Waals surface area (Å²) in [6.07, 6.45) is -0.890. The monoisotopic (exact) mass is 278 g/mol. The van der Waals surface area contributed by atoms with Crippen LogP contribution < -0.4 is 15.4 Å². The summed E-state index contributed by atoms with van der Waals surface area (Å²) in [5.41, 5.74) is 0.946. The van der Waals surface area contributed by atoms with Crippen LogP contribution in [0.1, 0.15) is 19.8 Å². The minimum Gasteiger partial charge on any atom is -0.481 e. The number of nitrogens with one attached hydrogen (secondary N) is 2. The number of amides is 2. The molecule has 1 heterocycles. The highest BCUT2D eigenvalue weighted by atomic mass is 16.5. The van der Waals surface area contributed by atoms with E-state index in [2.05, 4.69) is 10.6 Å². The highest BCUT2D eigenvalue weighted by Gasteiger charge is 2.23. The van der Waals surface area contributed by atoms with E-state index in [-0.39, 0.29) is 18.7 Å². The zero-order chi connectivity index (χ0) is 14.7. The van der Waals surface area contributed by atoms with Crippen molar-refractivity contribution < 1.29 is 24.2 Å². The van der Waals surface area contributed by atoms with Crippen LogP contribution in [-0.4, -0.2) is 29.0 Å². The summed E-state index contributed by atoms with van der Waals surface area (Å²) < 4.78 is 5.38. The molecule has 3 N–H and O–H groups in total. The lowest BCUT2D eigenvalue weighted by molar-refractivity contribution is -0.138. The fourth-order valence-electron chi connectivity index (χ4n) is 1.73. The van der Waals surface area contributed by atoms with E-state index in [1.165, 1.54) is 0 Å². The molecule has 0 spiro atoms. The van der Waals surface area contributed by atoms with Crippen molar-refractivity contribution >= 4 is 29.2 Å². The summed E-state index contributed by atoms with van der Waals surface area (Å²) in [4.78, 5) is 33.4. The van der Waals surface area contributed by atoms with Crippen molar-refractivity contribution in [1.82, 2.24) is 0 Å². The first kappa shape index (κ1) is 13.9. The van der Waals surface area contributed by atoms with Gasteiger partial charge < -0.3 is 20.5 Å². The molecule has 2 rings (SSSR count). The Labute approximate surface area is 114 Å². The topological polar surface area (TPSA) is 105 Å². The molecule has 0 saturated heterocycles. The van der Waals surface area contributed by atoms with Crippen molar-refractivity contribution in [3.05, 3.63) is 18.2 Å². The third-order valence-electron chi connectivity index (χ3n) is 2.76. The maximum absolute atomic E-state index is 11.5. The molecule has 0 bridgehead atoms. The van der Waals surface area contributed by atoms with Crippen molar-refractivity contribution in [3.8, 4) is 5.75 Å². The molecule has 0 saturated carbocycles. The molecule has 1 aliphatic heterocycles. The average molecular weight is 278 g/mol. The van der Waals surface area contributed by atoms with Crippen LogP contribution in [0.15, 0.2) is 18.2 Å². The normalized spacial score (nSPS) is 16.6. The van der Waals surface area contributed by atoms with Crippen molar-refractivity contribution in [1.29, 1.82) is 0 Å². The van der Waals surface area contributed by atoms with Crippen LogP contribution in [0.5, 0.6) is 5.75 Å². The maximum atomic E-state index is 11.5. The SMILES string of the molecule is CC1Oc2ccc(NC(=O)CCC(=O)O)cc2NC1=O. The van der Waals surface area contributed by atoms with Gasteiger partial charge in [0, 0.05) is 12.1 Å². The Kier molecular flexibility index (Phi) is 3.88. The van der Waals surface area contributed by atoms with Gasteiger partial charge in [-0.05, 0) is 25.1 Å². The first-order valence-corrected chi connectivity index (χ1v) is 6.09. The van der Waals surface area contributed by atoms with E-state index in [0.29, 0.717) is 17.1 Å². The summed E-state index contributed by atoms with van der Waals surface area (Å²) in [5, 5.41) is 13.7. The second-order valence-corrected chi connectivity index (χ2v) is 4.40. The van der Waals surface area contributed by atoms with Crippen LogP contribution >= 0.6 is 0 Å². The standard InChI is InChI=1S/C13H14N2O5/c1-7-13(19)15-9-6-8(2-3-10(9)20-7)14-11(16)4-5-12(17)18/h2-3,6-7H,4-5H2,1H3,(H,14,16)(H,15,19)(H,17,18). The van der Waals surface area contributed by atoms with Crippen LogP contribution in [-0.2, 0) is 14.4 Å². The number of hydrogen-bond acceptors (Lipinski definition) is 4. The van der Waals surface area contributed by atoms with Gasteiger partial charge in [-0.2, -0.15) is 0 Å². The number of carboxylic acids is 1. The number of carboxylic acid groups (broad SMARTS) is 1. The smallest absolute Gasteiger partial charge is 0.303 e. The minimum atomic E-state index is -1.03. The molecule has 106 valence electrons.